The molecule has 18 heavy (non-hydrogen) atoms. The van der Waals surface area contributed by atoms with Gasteiger partial charge in [0.15, 0.2) is 0 Å². The number of hydrogen-bond acceptors (Lipinski definition) is 2. The molecule has 3 heteroatoms. The fourth-order valence-electron chi connectivity index (χ4n) is 2.54. The summed E-state index contributed by atoms with van der Waals surface area (Å²) < 4.78 is 0. The molecule has 1 aromatic carbocycles. The lowest BCUT2D eigenvalue weighted by Crippen LogP contribution is -2.08. The molecule has 92 valence electrons. The van der Waals surface area contributed by atoms with Crippen LogP contribution < -0.4 is 5.32 Å². The van der Waals surface area contributed by atoms with Crippen molar-refractivity contribution in [2.45, 2.75) is 25.8 Å². The quantitative estimate of drug-likeness (QED) is 0.819. The monoisotopic (exact) mass is 258 g/mol. The molecule has 0 fully saturated rings. The molecule has 1 aliphatic carbocycles. The summed E-state index contributed by atoms with van der Waals surface area (Å²) in [6.45, 7) is 2.13. The molecular weight excluding hydrogens is 244 g/mol. The van der Waals surface area contributed by atoms with E-state index in [0.29, 0.717) is 11.2 Å². The van der Waals surface area contributed by atoms with Gasteiger partial charge in [-0.15, -0.1) is 0 Å². The molecule has 0 saturated carbocycles. The minimum atomic E-state index is 0.353. The first-order valence-corrected chi connectivity index (χ1v) is 6.59. The van der Waals surface area contributed by atoms with E-state index < -0.39 is 0 Å². The molecule has 0 aliphatic heterocycles. The standard InChI is InChI=1S/C15H15ClN2/c1-10-5-6-11-7-8-13(12(11)9-10)17-15-4-2-3-14(16)18-15/h2-6,9,13H,7-8H2,1H3,(H,17,18). The Balaban J connectivity index is 1.86. The van der Waals surface area contributed by atoms with Crippen LogP contribution in [0.25, 0.3) is 0 Å². The fraction of sp³-hybridized carbons (Fsp3) is 0.267. The average molecular weight is 259 g/mol. The zero-order valence-electron chi connectivity index (χ0n) is 10.3. The van der Waals surface area contributed by atoms with Crippen LogP contribution in [0.4, 0.5) is 5.82 Å². The largest absolute Gasteiger partial charge is 0.363 e. The number of pyridine rings is 1. The lowest BCUT2D eigenvalue weighted by atomic mass is 10.1. The van der Waals surface area contributed by atoms with E-state index in [0.717, 1.165) is 18.7 Å². The van der Waals surface area contributed by atoms with Crippen LogP contribution in [0, 0.1) is 6.92 Å². The number of anilines is 1. The molecule has 0 radical (unpaired) electrons. The summed E-state index contributed by atoms with van der Waals surface area (Å²) in [4.78, 5) is 4.29. The van der Waals surface area contributed by atoms with E-state index in [1.54, 1.807) is 6.07 Å². The Morgan fingerprint density at radius 3 is 3.00 bits per heavy atom. The Kier molecular flexibility index (Phi) is 2.96. The van der Waals surface area contributed by atoms with Crippen molar-refractivity contribution in [1.82, 2.24) is 4.98 Å². The van der Waals surface area contributed by atoms with Gasteiger partial charge in [-0.25, -0.2) is 4.98 Å². The number of aryl methyl sites for hydroxylation is 2. The van der Waals surface area contributed by atoms with Gasteiger partial charge in [0.05, 0.1) is 6.04 Å². The number of hydrogen-bond donors (Lipinski definition) is 1. The second-order valence-electron chi connectivity index (χ2n) is 4.78. The van der Waals surface area contributed by atoms with Crippen molar-refractivity contribution in [3.63, 3.8) is 0 Å². The van der Waals surface area contributed by atoms with E-state index in [2.05, 4.69) is 35.4 Å². The Bertz CT molecular complexity index is 580. The predicted octanol–water partition coefficient (Wildman–Crippen LogP) is 4.14. The van der Waals surface area contributed by atoms with Gasteiger partial charge < -0.3 is 5.32 Å². The minimum absolute atomic E-state index is 0.353. The summed E-state index contributed by atoms with van der Waals surface area (Å²) >= 11 is 5.90. The highest BCUT2D eigenvalue weighted by Crippen LogP contribution is 2.34. The summed E-state index contributed by atoms with van der Waals surface area (Å²) in [7, 11) is 0. The second kappa shape index (κ2) is 4.62. The van der Waals surface area contributed by atoms with Gasteiger partial charge in [0.1, 0.15) is 11.0 Å². The highest BCUT2D eigenvalue weighted by molar-refractivity contribution is 6.29. The molecule has 2 aromatic rings. The van der Waals surface area contributed by atoms with Crippen LogP contribution in [-0.2, 0) is 6.42 Å². The van der Waals surface area contributed by atoms with Gasteiger partial charge in [0, 0.05) is 0 Å². The zero-order valence-corrected chi connectivity index (χ0v) is 11.0. The van der Waals surface area contributed by atoms with Crippen molar-refractivity contribution in [2.75, 3.05) is 5.32 Å². The molecule has 0 saturated heterocycles. The summed E-state index contributed by atoms with van der Waals surface area (Å²) in [6, 6.07) is 12.7. The number of fused-ring (bicyclic) bond motifs is 1. The van der Waals surface area contributed by atoms with Crippen molar-refractivity contribution >= 4 is 17.4 Å². The van der Waals surface area contributed by atoms with Crippen molar-refractivity contribution < 1.29 is 0 Å². The number of halogens is 1. The molecule has 0 amide bonds. The van der Waals surface area contributed by atoms with Gasteiger partial charge in [0.25, 0.3) is 0 Å². The first-order valence-electron chi connectivity index (χ1n) is 6.21. The lowest BCUT2D eigenvalue weighted by molar-refractivity contribution is 0.757. The van der Waals surface area contributed by atoms with Gasteiger partial charge in [-0.05, 0) is 43.0 Å². The predicted molar refractivity (Wildman–Crippen MR) is 75.1 cm³/mol. The summed E-state index contributed by atoms with van der Waals surface area (Å²) in [6.07, 6.45) is 2.25. The third kappa shape index (κ3) is 2.21. The fourth-order valence-corrected chi connectivity index (χ4v) is 2.70. The zero-order chi connectivity index (χ0) is 12.5. The van der Waals surface area contributed by atoms with E-state index in [9.17, 15) is 0 Å². The SMILES string of the molecule is Cc1ccc2c(c1)C(Nc1cccc(Cl)n1)CC2. The maximum absolute atomic E-state index is 5.90. The van der Waals surface area contributed by atoms with Gasteiger partial charge in [-0.1, -0.05) is 41.4 Å². The first-order chi connectivity index (χ1) is 8.72. The van der Waals surface area contributed by atoms with Gasteiger partial charge in [-0.3, -0.25) is 0 Å². The smallest absolute Gasteiger partial charge is 0.131 e. The Morgan fingerprint density at radius 1 is 1.28 bits per heavy atom. The van der Waals surface area contributed by atoms with E-state index >= 15 is 0 Å². The minimum Gasteiger partial charge on any atom is -0.363 e. The third-order valence-corrected chi connectivity index (χ3v) is 3.63. The van der Waals surface area contributed by atoms with Crippen LogP contribution in [0.2, 0.25) is 5.15 Å². The lowest BCUT2D eigenvalue weighted by Gasteiger charge is -2.15. The van der Waals surface area contributed by atoms with Crippen LogP contribution in [0.3, 0.4) is 0 Å². The van der Waals surface area contributed by atoms with Gasteiger partial charge >= 0.3 is 0 Å². The summed E-state index contributed by atoms with van der Waals surface area (Å²) in [5.74, 6) is 0.849. The molecule has 0 bridgehead atoms. The van der Waals surface area contributed by atoms with Crippen molar-refractivity contribution in [3.8, 4) is 0 Å². The van der Waals surface area contributed by atoms with Crippen LogP contribution in [0.5, 0.6) is 0 Å². The second-order valence-corrected chi connectivity index (χ2v) is 5.17. The van der Waals surface area contributed by atoms with Crippen molar-refractivity contribution in [3.05, 3.63) is 58.2 Å². The highest BCUT2D eigenvalue weighted by atomic mass is 35.5. The Labute approximate surface area is 112 Å². The van der Waals surface area contributed by atoms with E-state index in [1.807, 2.05) is 12.1 Å². The highest BCUT2D eigenvalue weighted by Gasteiger charge is 2.22. The number of rotatable bonds is 2. The Morgan fingerprint density at radius 2 is 2.17 bits per heavy atom. The molecule has 1 unspecified atom stereocenters. The van der Waals surface area contributed by atoms with Crippen LogP contribution >= 0.6 is 11.6 Å². The van der Waals surface area contributed by atoms with Gasteiger partial charge in [0.2, 0.25) is 0 Å². The van der Waals surface area contributed by atoms with Crippen LogP contribution in [-0.4, -0.2) is 4.98 Å². The van der Waals surface area contributed by atoms with Crippen molar-refractivity contribution in [1.29, 1.82) is 0 Å². The molecule has 2 nitrogen and oxygen atoms in total. The molecule has 1 N–H and O–H groups in total. The molecule has 1 aliphatic rings. The number of nitrogens with zero attached hydrogens (tertiary/aromatic N) is 1. The topological polar surface area (TPSA) is 24.9 Å². The summed E-state index contributed by atoms with van der Waals surface area (Å²) in [5, 5.41) is 4.00. The van der Waals surface area contributed by atoms with E-state index in [-0.39, 0.29) is 0 Å². The summed E-state index contributed by atoms with van der Waals surface area (Å²) in [5.41, 5.74) is 4.15. The molecule has 0 spiro atoms. The van der Waals surface area contributed by atoms with Crippen LogP contribution in [0.15, 0.2) is 36.4 Å². The van der Waals surface area contributed by atoms with Crippen LogP contribution in [0.1, 0.15) is 29.2 Å². The number of benzene rings is 1. The average Bonchev–Trinajstić information content (AvgIpc) is 2.72. The molecular formula is C15H15ClN2. The molecule has 1 atom stereocenters. The first kappa shape index (κ1) is 11.5. The Hall–Kier alpha value is -1.54. The van der Waals surface area contributed by atoms with Gasteiger partial charge in [-0.2, -0.15) is 0 Å². The normalized spacial score (nSPS) is 17.6. The molecule has 1 aromatic heterocycles. The van der Waals surface area contributed by atoms with E-state index in [1.165, 1.54) is 16.7 Å². The molecule has 3 rings (SSSR count). The number of nitrogens with one attached hydrogen (secondary N) is 1. The maximum Gasteiger partial charge on any atom is 0.131 e. The van der Waals surface area contributed by atoms with E-state index in [4.69, 9.17) is 11.6 Å². The maximum atomic E-state index is 5.90. The number of aromatic nitrogens is 1. The van der Waals surface area contributed by atoms with Crippen molar-refractivity contribution in [2.24, 2.45) is 0 Å². The molecule has 1 heterocycles. The third-order valence-electron chi connectivity index (χ3n) is 3.42.